The van der Waals surface area contributed by atoms with Crippen molar-refractivity contribution < 1.29 is 14.2 Å². The summed E-state index contributed by atoms with van der Waals surface area (Å²) in [5.41, 5.74) is 11.9. The zero-order valence-corrected chi connectivity index (χ0v) is 32.2. The molecule has 2 unspecified atom stereocenters. The average Bonchev–Trinajstić information content (AvgIpc) is 3.02. The monoisotopic (exact) mass is 673 g/mol. The molecular weight excluding hydrogens is 610 g/mol. The van der Waals surface area contributed by atoms with Crippen molar-refractivity contribution in [2.75, 3.05) is 63.1 Å². The smallest absolute Gasteiger partial charge is 0.189 e. The van der Waals surface area contributed by atoms with Crippen LogP contribution in [-0.2, 0) is 14.2 Å². The zero-order valence-electron chi connectivity index (χ0n) is 32.2. The number of nitrogens with two attached hydrogens (primary N) is 1. The fourth-order valence-electron chi connectivity index (χ4n) is 7.24. The number of fused-ring (bicyclic) bond motifs is 1. The average molecular weight is 674 g/mol. The molecular formula is C41H63N5O3. The molecule has 2 aliphatic heterocycles. The molecule has 2 atom stereocenters. The molecule has 1 aromatic heterocycles. The Morgan fingerprint density at radius 2 is 1.73 bits per heavy atom. The van der Waals surface area contributed by atoms with Gasteiger partial charge in [0.25, 0.3) is 0 Å². The summed E-state index contributed by atoms with van der Waals surface area (Å²) in [7, 11) is 0. The standard InChI is InChI=1S/C41H63N5O3/c1-11-29(3)35(12-2)46(26-41(10)27-47-40(8,9)48-28-41)36-30(4)37(42)43-34-25-31(18-19-33(34)36)15-14-20-44-21-23-45(24-22-44)38(32-16-13-17-32)49-39(5,6)7/h18-19,25,29,35H,11-13,16-17,20-24,26-28H2,1-10H3,(H2,42,43). The number of rotatable bonds is 10. The lowest BCUT2D eigenvalue weighted by atomic mass is 9.86. The number of allylic oxidation sites excluding steroid dienone is 1. The number of pyridine rings is 1. The second kappa shape index (κ2) is 15.1. The van der Waals surface area contributed by atoms with E-state index in [2.05, 4.69) is 100 Å². The van der Waals surface area contributed by atoms with Gasteiger partial charge in [-0.1, -0.05) is 46.0 Å². The Kier molecular flexibility index (Phi) is 11.5. The van der Waals surface area contributed by atoms with Crippen LogP contribution in [0.3, 0.4) is 0 Å². The van der Waals surface area contributed by atoms with Gasteiger partial charge in [0.1, 0.15) is 11.4 Å². The number of anilines is 2. The Hall–Kier alpha value is -2.99. The van der Waals surface area contributed by atoms with E-state index < -0.39 is 5.79 Å². The third kappa shape index (κ3) is 9.03. The Morgan fingerprint density at radius 3 is 2.31 bits per heavy atom. The summed E-state index contributed by atoms with van der Waals surface area (Å²) in [6.07, 6.45) is 5.74. The van der Waals surface area contributed by atoms with Crippen LogP contribution in [0.2, 0.25) is 0 Å². The summed E-state index contributed by atoms with van der Waals surface area (Å²) in [6, 6.07) is 6.79. The molecule has 5 rings (SSSR count). The predicted octanol–water partition coefficient (Wildman–Crippen LogP) is 7.73. The molecule has 3 fully saturated rings. The van der Waals surface area contributed by atoms with Crippen LogP contribution in [0.4, 0.5) is 11.5 Å². The first-order valence-electron chi connectivity index (χ1n) is 18.7. The number of benzene rings is 1. The number of ether oxygens (including phenoxy) is 3. The van der Waals surface area contributed by atoms with Crippen LogP contribution in [0.1, 0.15) is 106 Å². The molecule has 8 nitrogen and oxygen atoms in total. The molecule has 0 spiro atoms. The van der Waals surface area contributed by atoms with Gasteiger partial charge in [-0.15, -0.1) is 0 Å². The van der Waals surface area contributed by atoms with Crippen molar-refractivity contribution >= 4 is 22.4 Å². The molecule has 1 aromatic carbocycles. The number of hydrogen-bond donors (Lipinski definition) is 1. The van der Waals surface area contributed by atoms with Gasteiger partial charge in [0.15, 0.2) is 11.7 Å². The Bertz CT molecular complexity index is 1540. The van der Waals surface area contributed by atoms with Crippen LogP contribution in [-0.4, -0.2) is 84.7 Å². The van der Waals surface area contributed by atoms with E-state index in [9.17, 15) is 0 Å². The summed E-state index contributed by atoms with van der Waals surface area (Å²) in [5, 5.41) is 1.12. The SMILES string of the molecule is CCC(C)C(CC)N(CC1(C)COC(C)(C)OC1)c1c(C)c(N)nc2cc(C#CCN3CCN(C(OC(C)(C)C)=C4CCC4)CC3)ccc12. The highest BCUT2D eigenvalue weighted by atomic mass is 16.7. The van der Waals surface area contributed by atoms with Crippen molar-refractivity contribution in [1.82, 2.24) is 14.8 Å². The van der Waals surface area contributed by atoms with Gasteiger partial charge in [-0.3, -0.25) is 4.90 Å². The van der Waals surface area contributed by atoms with E-state index in [4.69, 9.17) is 24.9 Å². The number of piperazine rings is 1. The van der Waals surface area contributed by atoms with Crippen LogP contribution in [0.5, 0.6) is 0 Å². The molecule has 1 aliphatic carbocycles. The van der Waals surface area contributed by atoms with E-state index in [1.54, 1.807) is 0 Å². The first-order valence-corrected chi connectivity index (χ1v) is 18.7. The van der Waals surface area contributed by atoms with Crippen LogP contribution >= 0.6 is 0 Å². The molecule has 2 saturated heterocycles. The molecule has 8 heteroatoms. The van der Waals surface area contributed by atoms with Gasteiger partial charge < -0.3 is 29.7 Å². The normalized spacial score (nSPS) is 20.6. The van der Waals surface area contributed by atoms with Crippen LogP contribution in [0, 0.1) is 30.1 Å². The van der Waals surface area contributed by atoms with E-state index in [0.29, 0.717) is 31.0 Å². The van der Waals surface area contributed by atoms with E-state index in [1.807, 2.05) is 13.8 Å². The van der Waals surface area contributed by atoms with E-state index in [-0.39, 0.29) is 11.0 Å². The maximum absolute atomic E-state index is 6.68. The van der Waals surface area contributed by atoms with Gasteiger partial charge in [-0.05, 0) is 96.9 Å². The molecule has 270 valence electrons. The number of aromatic nitrogens is 1. The molecule has 49 heavy (non-hydrogen) atoms. The molecule has 3 aliphatic rings. The van der Waals surface area contributed by atoms with Gasteiger partial charge in [0, 0.05) is 60.7 Å². The minimum Gasteiger partial charge on any atom is -0.473 e. The van der Waals surface area contributed by atoms with Gasteiger partial charge in [-0.25, -0.2) is 4.98 Å². The maximum atomic E-state index is 6.68. The fourth-order valence-corrected chi connectivity index (χ4v) is 7.24. The first-order chi connectivity index (χ1) is 23.1. The molecule has 0 radical (unpaired) electrons. The van der Waals surface area contributed by atoms with Crippen LogP contribution in [0.15, 0.2) is 29.7 Å². The maximum Gasteiger partial charge on any atom is 0.189 e. The minimum absolute atomic E-state index is 0.167. The third-order valence-electron chi connectivity index (χ3n) is 10.6. The van der Waals surface area contributed by atoms with Crippen molar-refractivity contribution in [3.8, 4) is 11.8 Å². The molecule has 0 amide bonds. The summed E-state index contributed by atoms with van der Waals surface area (Å²) >= 11 is 0. The van der Waals surface area contributed by atoms with E-state index in [0.717, 1.165) is 80.0 Å². The van der Waals surface area contributed by atoms with Crippen LogP contribution in [0.25, 0.3) is 10.9 Å². The molecule has 2 aromatic rings. The second-order valence-electron chi connectivity index (χ2n) is 16.5. The molecule has 1 saturated carbocycles. The van der Waals surface area contributed by atoms with Gasteiger partial charge >= 0.3 is 0 Å². The summed E-state index contributed by atoms with van der Waals surface area (Å²) < 4.78 is 18.8. The molecule has 0 bridgehead atoms. The van der Waals surface area contributed by atoms with Crippen molar-refractivity contribution in [2.45, 2.75) is 119 Å². The first kappa shape index (κ1) is 37.3. The van der Waals surface area contributed by atoms with Gasteiger partial charge in [-0.2, -0.15) is 0 Å². The van der Waals surface area contributed by atoms with E-state index >= 15 is 0 Å². The number of hydrogen-bond acceptors (Lipinski definition) is 8. The van der Waals surface area contributed by atoms with Gasteiger partial charge in [0.2, 0.25) is 0 Å². The fraction of sp³-hybridized carbons (Fsp3) is 0.683. The van der Waals surface area contributed by atoms with Crippen LogP contribution < -0.4 is 10.6 Å². The Labute approximate surface area is 296 Å². The van der Waals surface area contributed by atoms with Crippen molar-refractivity contribution in [3.63, 3.8) is 0 Å². The highest BCUT2D eigenvalue weighted by molar-refractivity contribution is 5.96. The topological polar surface area (TPSA) is 76.3 Å². The molecule has 3 heterocycles. The minimum atomic E-state index is -0.557. The Morgan fingerprint density at radius 1 is 1.06 bits per heavy atom. The number of nitrogen functional groups attached to an aromatic ring is 1. The lowest BCUT2D eigenvalue weighted by molar-refractivity contribution is -0.280. The number of nitrogens with zero attached hydrogens (tertiary/aromatic N) is 4. The van der Waals surface area contributed by atoms with Crippen molar-refractivity contribution in [1.29, 1.82) is 0 Å². The lowest BCUT2D eigenvalue weighted by Crippen LogP contribution is -2.53. The predicted molar refractivity (Wildman–Crippen MR) is 202 cm³/mol. The molecule has 2 N–H and O–H groups in total. The third-order valence-corrected chi connectivity index (χ3v) is 10.6. The second-order valence-corrected chi connectivity index (χ2v) is 16.5. The van der Waals surface area contributed by atoms with Crippen molar-refractivity contribution in [2.24, 2.45) is 11.3 Å². The quantitative estimate of drug-likeness (QED) is 0.203. The largest absolute Gasteiger partial charge is 0.473 e. The summed E-state index contributed by atoms with van der Waals surface area (Å²) in [6.45, 7) is 28.5. The van der Waals surface area contributed by atoms with E-state index in [1.165, 1.54) is 30.5 Å². The van der Waals surface area contributed by atoms with Crippen molar-refractivity contribution in [3.05, 3.63) is 40.8 Å². The lowest BCUT2D eigenvalue weighted by Gasteiger charge is -2.47. The summed E-state index contributed by atoms with van der Waals surface area (Å²) in [4.78, 5) is 12.4. The summed E-state index contributed by atoms with van der Waals surface area (Å²) in [5.74, 6) is 8.55. The zero-order chi connectivity index (χ0) is 35.6. The highest BCUT2D eigenvalue weighted by Gasteiger charge is 2.40. The van der Waals surface area contributed by atoms with Gasteiger partial charge in [0.05, 0.1) is 31.0 Å². The highest BCUT2D eigenvalue weighted by Crippen LogP contribution is 2.40. The Balaban J connectivity index is 1.35.